The van der Waals surface area contributed by atoms with Gasteiger partial charge >= 0.3 is 0 Å². The number of aliphatic hydroxyl groups excluding tert-OH is 1. The molecule has 1 aromatic carbocycles. The second-order valence-electron chi connectivity index (χ2n) is 5.41. The van der Waals surface area contributed by atoms with Gasteiger partial charge in [-0.25, -0.2) is 0 Å². The maximum absolute atomic E-state index is 12.5. The van der Waals surface area contributed by atoms with Crippen LogP contribution in [0.1, 0.15) is 57.6 Å². The molecule has 0 fully saturated rings. The Morgan fingerprint density at radius 3 is 2.52 bits per heavy atom. The van der Waals surface area contributed by atoms with E-state index >= 15 is 0 Å². The lowest BCUT2D eigenvalue weighted by atomic mass is 10.0. The molecule has 0 radical (unpaired) electrons. The molecule has 0 heterocycles. The average Bonchev–Trinajstić information content (AvgIpc) is 2.48. The fourth-order valence-electron chi connectivity index (χ4n) is 2.51. The first-order valence-corrected chi connectivity index (χ1v) is 8.97. The predicted octanol–water partition coefficient (Wildman–Crippen LogP) is 3.96. The first kappa shape index (κ1) is 18.0. The SMILES string of the molecule is CCCC(CCC)C[S+]([O-])c1cccc(C(O)CC#N)c1. The fraction of sp³-hybridized carbons (Fsp3) is 0.588. The van der Waals surface area contributed by atoms with Crippen LogP contribution in [0.25, 0.3) is 0 Å². The zero-order chi connectivity index (χ0) is 15.7. The zero-order valence-corrected chi connectivity index (χ0v) is 13.7. The summed E-state index contributed by atoms with van der Waals surface area (Å²) in [5.74, 6) is 1.17. The van der Waals surface area contributed by atoms with Crippen molar-refractivity contribution >= 4 is 11.2 Å². The fourth-order valence-corrected chi connectivity index (χ4v) is 3.96. The molecule has 0 saturated heterocycles. The van der Waals surface area contributed by atoms with E-state index in [9.17, 15) is 9.66 Å². The van der Waals surface area contributed by atoms with Gasteiger partial charge in [0.05, 0.1) is 18.6 Å². The molecular formula is C17H25NO2S. The minimum atomic E-state index is -1.04. The summed E-state index contributed by atoms with van der Waals surface area (Å²) in [5.41, 5.74) is 0.671. The Morgan fingerprint density at radius 1 is 1.29 bits per heavy atom. The number of hydrogen-bond acceptors (Lipinski definition) is 3. The van der Waals surface area contributed by atoms with Crippen molar-refractivity contribution in [3.63, 3.8) is 0 Å². The molecule has 116 valence electrons. The summed E-state index contributed by atoms with van der Waals surface area (Å²) < 4.78 is 12.5. The highest BCUT2D eigenvalue weighted by atomic mass is 32.2. The van der Waals surface area contributed by atoms with Gasteiger partial charge < -0.3 is 9.66 Å². The molecular weight excluding hydrogens is 282 g/mol. The van der Waals surface area contributed by atoms with Gasteiger partial charge in [-0.05, 0) is 41.7 Å². The van der Waals surface area contributed by atoms with E-state index in [0.29, 0.717) is 17.2 Å². The van der Waals surface area contributed by atoms with Gasteiger partial charge in [0.1, 0.15) is 5.75 Å². The molecule has 3 nitrogen and oxygen atoms in total. The monoisotopic (exact) mass is 307 g/mol. The largest absolute Gasteiger partial charge is 0.611 e. The number of nitriles is 1. The molecule has 4 heteroatoms. The van der Waals surface area contributed by atoms with E-state index in [1.807, 2.05) is 12.1 Å². The van der Waals surface area contributed by atoms with E-state index < -0.39 is 17.3 Å². The average molecular weight is 307 g/mol. The van der Waals surface area contributed by atoms with Crippen LogP contribution in [0.15, 0.2) is 29.2 Å². The summed E-state index contributed by atoms with van der Waals surface area (Å²) in [4.78, 5) is 0.752. The van der Waals surface area contributed by atoms with Crippen molar-refractivity contribution in [3.05, 3.63) is 29.8 Å². The highest BCUT2D eigenvalue weighted by Gasteiger charge is 2.19. The van der Waals surface area contributed by atoms with Gasteiger partial charge in [-0.15, -0.1) is 0 Å². The van der Waals surface area contributed by atoms with Crippen molar-refractivity contribution in [2.45, 2.75) is 57.0 Å². The molecule has 1 N–H and O–H groups in total. The normalized spacial score (nSPS) is 13.9. The quantitative estimate of drug-likeness (QED) is 0.702. The van der Waals surface area contributed by atoms with Gasteiger partial charge in [0.2, 0.25) is 0 Å². The first-order valence-electron chi connectivity index (χ1n) is 7.65. The molecule has 0 aliphatic rings. The minimum absolute atomic E-state index is 0.0599. The van der Waals surface area contributed by atoms with Crippen LogP contribution >= 0.6 is 0 Å². The Morgan fingerprint density at radius 2 is 1.95 bits per heavy atom. The van der Waals surface area contributed by atoms with Gasteiger partial charge in [0.25, 0.3) is 0 Å². The summed E-state index contributed by atoms with van der Waals surface area (Å²) >= 11 is -1.04. The van der Waals surface area contributed by atoms with Gasteiger partial charge in [0.15, 0.2) is 4.90 Å². The van der Waals surface area contributed by atoms with Gasteiger partial charge in [-0.3, -0.25) is 0 Å². The zero-order valence-electron chi connectivity index (χ0n) is 12.9. The van der Waals surface area contributed by atoms with Crippen molar-refractivity contribution in [2.24, 2.45) is 5.92 Å². The van der Waals surface area contributed by atoms with Gasteiger partial charge in [-0.2, -0.15) is 5.26 Å². The topological polar surface area (TPSA) is 67.1 Å². The Hall–Kier alpha value is -1.02. The van der Waals surface area contributed by atoms with Crippen molar-refractivity contribution in [1.29, 1.82) is 5.26 Å². The molecule has 0 aromatic heterocycles. The Labute approximate surface area is 131 Å². The predicted molar refractivity (Wildman–Crippen MR) is 86.2 cm³/mol. The Bertz CT molecular complexity index is 452. The van der Waals surface area contributed by atoms with Gasteiger partial charge in [-0.1, -0.05) is 38.8 Å². The first-order chi connectivity index (χ1) is 10.1. The highest BCUT2D eigenvalue weighted by Crippen LogP contribution is 2.24. The third-order valence-corrected chi connectivity index (χ3v) is 5.13. The summed E-state index contributed by atoms with van der Waals surface area (Å²) in [7, 11) is 0. The number of rotatable bonds is 9. The smallest absolute Gasteiger partial charge is 0.153 e. The van der Waals surface area contributed by atoms with Crippen LogP contribution in [0.5, 0.6) is 0 Å². The van der Waals surface area contributed by atoms with Crippen molar-refractivity contribution in [2.75, 3.05) is 5.75 Å². The van der Waals surface area contributed by atoms with Crippen LogP contribution in [0.3, 0.4) is 0 Å². The van der Waals surface area contributed by atoms with Crippen LogP contribution in [0, 0.1) is 17.2 Å². The van der Waals surface area contributed by atoms with Crippen LogP contribution < -0.4 is 0 Å². The third kappa shape index (κ3) is 6.09. The van der Waals surface area contributed by atoms with Crippen molar-refractivity contribution in [1.82, 2.24) is 0 Å². The highest BCUT2D eigenvalue weighted by molar-refractivity contribution is 7.91. The summed E-state index contributed by atoms with van der Waals surface area (Å²) in [6.45, 7) is 4.31. The standard InChI is InChI=1S/C17H25NO2S/c1-3-6-14(7-4-2)13-21(20)16-9-5-8-15(12-16)17(19)10-11-18/h5,8-9,12,14,17,19H,3-4,6-7,10,13H2,1-2H3. The maximum Gasteiger partial charge on any atom is 0.153 e. The number of hydrogen-bond donors (Lipinski definition) is 1. The molecule has 0 aliphatic carbocycles. The van der Waals surface area contributed by atoms with Crippen LogP contribution in [-0.2, 0) is 11.2 Å². The lowest BCUT2D eigenvalue weighted by molar-refractivity contribution is 0.183. The van der Waals surface area contributed by atoms with E-state index in [4.69, 9.17) is 5.26 Å². The molecule has 0 saturated carbocycles. The van der Waals surface area contributed by atoms with E-state index in [-0.39, 0.29) is 6.42 Å². The van der Waals surface area contributed by atoms with Crippen molar-refractivity contribution in [3.8, 4) is 6.07 Å². The Kier molecular flexibility index (Phi) is 8.44. The van der Waals surface area contributed by atoms with E-state index in [1.54, 1.807) is 18.2 Å². The van der Waals surface area contributed by atoms with E-state index in [1.165, 1.54) is 0 Å². The molecule has 0 aliphatic heterocycles. The minimum Gasteiger partial charge on any atom is -0.611 e. The Balaban J connectivity index is 2.75. The van der Waals surface area contributed by atoms with E-state index in [0.717, 1.165) is 30.6 Å². The van der Waals surface area contributed by atoms with Crippen molar-refractivity contribution < 1.29 is 9.66 Å². The summed E-state index contributed by atoms with van der Waals surface area (Å²) in [6.07, 6.45) is 3.71. The summed E-state index contributed by atoms with van der Waals surface area (Å²) in [6, 6.07) is 9.15. The van der Waals surface area contributed by atoms with Crippen LogP contribution in [-0.4, -0.2) is 15.4 Å². The lowest BCUT2D eigenvalue weighted by Crippen LogP contribution is -2.17. The molecule has 0 spiro atoms. The maximum atomic E-state index is 12.5. The number of benzene rings is 1. The molecule has 1 rings (SSSR count). The second kappa shape index (κ2) is 9.83. The molecule has 21 heavy (non-hydrogen) atoms. The second-order valence-corrected chi connectivity index (χ2v) is 6.90. The van der Waals surface area contributed by atoms with Crippen LogP contribution in [0.4, 0.5) is 0 Å². The molecule has 0 bridgehead atoms. The van der Waals surface area contributed by atoms with Crippen LogP contribution in [0.2, 0.25) is 0 Å². The molecule has 2 unspecified atom stereocenters. The van der Waals surface area contributed by atoms with Gasteiger partial charge in [0, 0.05) is 5.92 Å². The third-order valence-electron chi connectivity index (χ3n) is 3.57. The number of aliphatic hydroxyl groups is 1. The molecule has 2 atom stereocenters. The summed E-state index contributed by atoms with van der Waals surface area (Å²) in [5, 5.41) is 18.5. The number of nitrogens with zero attached hydrogens (tertiary/aromatic N) is 1. The lowest BCUT2D eigenvalue weighted by Gasteiger charge is -2.19. The van der Waals surface area contributed by atoms with E-state index in [2.05, 4.69) is 13.8 Å². The molecule has 0 amide bonds. The molecule has 1 aromatic rings.